The highest BCUT2D eigenvalue weighted by atomic mass is 32.2. The number of nitrogens with zero attached hydrogens (tertiary/aromatic N) is 4. The van der Waals surface area contributed by atoms with Crippen LogP contribution in [0.3, 0.4) is 0 Å². The first-order valence-corrected chi connectivity index (χ1v) is 19.3. The molecule has 0 saturated heterocycles. The van der Waals surface area contributed by atoms with Crippen molar-refractivity contribution in [2.24, 2.45) is 0 Å². The molecule has 7 aromatic carbocycles. The molecule has 12 rings (SSSR count). The van der Waals surface area contributed by atoms with Crippen molar-refractivity contribution >= 4 is 55.5 Å². The van der Waals surface area contributed by atoms with Crippen LogP contribution < -0.4 is 0 Å². The zero-order chi connectivity index (χ0) is 35.7. The molecule has 10 aromatic rings. The fourth-order valence-electron chi connectivity index (χ4n) is 9.27. The summed E-state index contributed by atoms with van der Waals surface area (Å²) >= 11 is 1.86. The Morgan fingerprint density at radius 3 is 2.22 bits per heavy atom. The van der Waals surface area contributed by atoms with Crippen LogP contribution in [-0.2, 0) is 5.41 Å². The van der Waals surface area contributed by atoms with Crippen molar-refractivity contribution in [3.05, 3.63) is 169 Å². The van der Waals surface area contributed by atoms with Gasteiger partial charge in [-0.3, -0.25) is 9.13 Å². The number of hydrogen-bond donors (Lipinski definition) is 0. The normalized spacial score (nSPS) is 13.8. The molecule has 3 aromatic heterocycles. The maximum Gasteiger partial charge on any atom is 0.160 e. The van der Waals surface area contributed by atoms with E-state index in [0.29, 0.717) is 5.82 Å². The molecule has 254 valence electrons. The van der Waals surface area contributed by atoms with Crippen molar-refractivity contribution in [1.29, 1.82) is 0 Å². The lowest BCUT2D eigenvalue weighted by Crippen LogP contribution is -2.14. The van der Waals surface area contributed by atoms with Crippen molar-refractivity contribution in [3.63, 3.8) is 0 Å². The van der Waals surface area contributed by atoms with Crippen molar-refractivity contribution in [2.45, 2.75) is 29.1 Å². The minimum atomic E-state index is -0.0509. The summed E-state index contributed by atoms with van der Waals surface area (Å²) in [6, 6.07) is 57.2. The van der Waals surface area contributed by atoms with Crippen LogP contribution in [0.15, 0.2) is 168 Å². The molecule has 54 heavy (non-hydrogen) atoms. The average molecular weight is 709 g/mol. The molecule has 1 aliphatic carbocycles. The molecule has 0 radical (unpaired) electrons. The first kappa shape index (κ1) is 30.1. The Morgan fingerprint density at radius 1 is 0.537 bits per heavy atom. The number of para-hydroxylation sites is 4. The van der Waals surface area contributed by atoms with Crippen molar-refractivity contribution < 1.29 is 0 Å². The van der Waals surface area contributed by atoms with Crippen molar-refractivity contribution in [3.8, 4) is 45.1 Å². The minimum Gasteiger partial charge on any atom is -0.295 e. The van der Waals surface area contributed by atoms with Crippen LogP contribution in [0.2, 0.25) is 0 Å². The van der Waals surface area contributed by atoms with Crippen LogP contribution in [0.25, 0.3) is 88.9 Å². The van der Waals surface area contributed by atoms with Gasteiger partial charge in [-0.2, -0.15) is 0 Å². The van der Waals surface area contributed by atoms with Crippen molar-refractivity contribution in [1.82, 2.24) is 19.1 Å². The smallest absolute Gasteiger partial charge is 0.160 e. The third-order valence-corrected chi connectivity index (χ3v) is 12.8. The summed E-state index contributed by atoms with van der Waals surface area (Å²) in [5, 5.41) is 4.84. The van der Waals surface area contributed by atoms with E-state index in [1.807, 2.05) is 11.8 Å². The lowest BCUT2D eigenvalue weighted by molar-refractivity contribution is 0.660. The maximum atomic E-state index is 5.40. The molecule has 0 amide bonds. The van der Waals surface area contributed by atoms with E-state index in [4.69, 9.17) is 9.97 Å². The Labute approximate surface area is 316 Å². The molecular weight excluding hydrogens is 677 g/mol. The third kappa shape index (κ3) is 3.99. The third-order valence-electron chi connectivity index (χ3n) is 11.7. The second kappa shape index (κ2) is 10.8. The molecule has 2 aliphatic rings. The topological polar surface area (TPSA) is 35.6 Å². The van der Waals surface area contributed by atoms with Gasteiger partial charge < -0.3 is 0 Å². The quantitative estimate of drug-likeness (QED) is 0.183. The van der Waals surface area contributed by atoms with Gasteiger partial charge in [-0.25, -0.2) is 9.97 Å². The Balaban J connectivity index is 1.09. The Hall–Kier alpha value is -6.43. The highest BCUT2D eigenvalue weighted by molar-refractivity contribution is 7.99. The Kier molecular flexibility index (Phi) is 6.02. The van der Waals surface area contributed by atoms with Gasteiger partial charge in [-0.1, -0.05) is 135 Å². The second-order valence-electron chi connectivity index (χ2n) is 15.0. The lowest BCUT2D eigenvalue weighted by Gasteiger charge is -2.21. The number of hydrogen-bond acceptors (Lipinski definition) is 3. The summed E-state index contributed by atoms with van der Waals surface area (Å²) in [5.41, 5.74) is 15.1. The van der Waals surface area contributed by atoms with Crippen LogP contribution >= 0.6 is 11.8 Å². The molecule has 1 aliphatic heterocycles. The summed E-state index contributed by atoms with van der Waals surface area (Å²) in [4.78, 5) is 13.1. The van der Waals surface area contributed by atoms with Gasteiger partial charge in [0.2, 0.25) is 0 Å². The summed E-state index contributed by atoms with van der Waals surface area (Å²) < 4.78 is 4.92. The van der Waals surface area contributed by atoms with E-state index in [9.17, 15) is 0 Å². The van der Waals surface area contributed by atoms with Gasteiger partial charge >= 0.3 is 0 Å². The van der Waals surface area contributed by atoms with Crippen LogP contribution in [0.5, 0.6) is 0 Å². The SMILES string of the molecule is CC1(C)c2ccccc2-c2cc(-c3nc(-c4cccc(-n5c6ccccc6c6c7cccc8c7n(c65)-c5ccccc5S8)c4)nc4ccccc34)ccc21. The Morgan fingerprint density at radius 2 is 1.28 bits per heavy atom. The average Bonchev–Trinajstić information content (AvgIpc) is 3.82. The van der Waals surface area contributed by atoms with Gasteiger partial charge in [-0.05, 0) is 70.8 Å². The number of aromatic nitrogens is 4. The predicted molar refractivity (Wildman–Crippen MR) is 223 cm³/mol. The molecule has 0 N–H and O–H groups in total. The number of fused-ring (bicyclic) bond motifs is 11. The Bertz CT molecular complexity index is 3240. The van der Waals surface area contributed by atoms with Crippen LogP contribution in [-0.4, -0.2) is 19.1 Å². The van der Waals surface area contributed by atoms with E-state index in [2.05, 4.69) is 181 Å². The van der Waals surface area contributed by atoms with E-state index >= 15 is 0 Å². The minimum absolute atomic E-state index is 0.0509. The van der Waals surface area contributed by atoms with Gasteiger partial charge in [0.05, 0.1) is 27.9 Å². The van der Waals surface area contributed by atoms with E-state index < -0.39 is 0 Å². The number of benzene rings is 7. The molecule has 0 bridgehead atoms. The van der Waals surface area contributed by atoms with E-state index in [1.165, 1.54) is 70.6 Å². The molecule has 4 nitrogen and oxygen atoms in total. The molecule has 5 heteroatoms. The molecule has 0 atom stereocenters. The number of rotatable bonds is 3. The molecule has 0 saturated carbocycles. The zero-order valence-electron chi connectivity index (χ0n) is 29.7. The van der Waals surface area contributed by atoms with Crippen LogP contribution in [0.1, 0.15) is 25.0 Å². The first-order chi connectivity index (χ1) is 26.5. The van der Waals surface area contributed by atoms with Gasteiger partial charge in [-0.15, -0.1) is 0 Å². The van der Waals surface area contributed by atoms with Gasteiger partial charge in [0, 0.05) is 53.6 Å². The van der Waals surface area contributed by atoms with Gasteiger partial charge in [0.15, 0.2) is 5.82 Å². The van der Waals surface area contributed by atoms with Gasteiger partial charge in [0.1, 0.15) is 5.65 Å². The monoisotopic (exact) mass is 708 g/mol. The van der Waals surface area contributed by atoms with Gasteiger partial charge in [0.25, 0.3) is 0 Å². The zero-order valence-corrected chi connectivity index (χ0v) is 30.5. The molecule has 0 unspecified atom stereocenters. The van der Waals surface area contributed by atoms with E-state index in [-0.39, 0.29) is 5.41 Å². The summed E-state index contributed by atoms with van der Waals surface area (Å²) in [7, 11) is 0. The second-order valence-corrected chi connectivity index (χ2v) is 16.1. The first-order valence-electron chi connectivity index (χ1n) is 18.5. The lowest BCUT2D eigenvalue weighted by atomic mass is 9.82. The predicted octanol–water partition coefficient (Wildman–Crippen LogP) is 12.8. The highest BCUT2D eigenvalue weighted by Crippen LogP contribution is 2.51. The summed E-state index contributed by atoms with van der Waals surface area (Å²) in [5.74, 6) is 0.713. The molecule has 0 spiro atoms. The van der Waals surface area contributed by atoms with Crippen LogP contribution in [0, 0.1) is 0 Å². The maximum absolute atomic E-state index is 5.40. The van der Waals surface area contributed by atoms with E-state index in [0.717, 1.165) is 33.4 Å². The molecule has 0 fully saturated rings. The van der Waals surface area contributed by atoms with E-state index in [1.54, 1.807) is 0 Å². The standard InChI is InChI=1S/C49H32N4S/c1-49(2)37-19-6-3-15-32(37)36-28-29(25-26-38(36)49)45-33-16-4-7-20-39(33)50-47(51-45)30-13-11-14-31(27-30)52-40-21-8-5-17-34(40)44-35-18-12-24-43-46(35)53(48(44)52)41-22-9-10-23-42(41)54-43/h3-28H,1-2H3. The van der Waals surface area contributed by atoms with Crippen molar-refractivity contribution in [2.75, 3.05) is 0 Å². The molecular formula is C49H32N4S. The largest absolute Gasteiger partial charge is 0.295 e. The highest BCUT2D eigenvalue weighted by Gasteiger charge is 2.35. The molecule has 4 heterocycles. The summed E-state index contributed by atoms with van der Waals surface area (Å²) in [6.07, 6.45) is 0. The summed E-state index contributed by atoms with van der Waals surface area (Å²) in [6.45, 7) is 4.65. The fourth-order valence-corrected chi connectivity index (χ4v) is 10.4. The fraction of sp³-hybridized carbons (Fsp3) is 0.0612. The van der Waals surface area contributed by atoms with Crippen LogP contribution in [0.4, 0.5) is 0 Å².